The van der Waals surface area contributed by atoms with Gasteiger partial charge in [-0.3, -0.25) is 14.6 Å². The molecule has 0 radical (unpaired) electrons. The molecule has 6 nitrogen and oxygen atoms in total. The van der Waals surface area contributed by atoms with Crippen LogP contribution in [-0.2, 0) is 11.2 Å². The summed E-state index contributed by atoms with van der Waals surface area (Å²) in [6, 6.07) is 12.7. The number of aromatic amines is 1. The first-order valence-electron chi connectivity index (χ1n) is 8.89. The van der Waals surface area contributed by atoms with Gasteiger partial charge in [0.15, 0.2) is 5.82 Å². The summed E-state index contributed by atoms with van der Waals surface area (Å²) in [5, 5.41) is 2.79. The van der Waals surface area contributed by atoms with Crippen molar-refractivity contribution in [2.45, 2.75) is 26.7 Å². The van der Waals surface area contributed by atoms with E-state index in [-0.39, 0.29) is 11.7 Å². The van der Waals surface area contributed by atoms with Gasteiger partial charge in [0.25, 0.3) is 5.91 Å². The summed E-state index contributed by atoms with van der Waals surface area (Å²) in [7, 11) is 0. The number of carbonyl (C=O) groups is 2. The van der Waals surface area contributed by atoms with Gasteiger partial charge in [-0.25, -0.2) is 4.98 Å². The van der Waals surface area contributed by atoms with Gasteiger partial charge in [0, 0.05) is 24.6 Å². The summed E-state index contributed by atoms with van der Waals surface area (Å²) in [6.07, 6.45) is 4.12. The van der Waals surface area contributed by atoms with E-state index in [0.717, 1.165) is 5.56 Å². The Morgan fingerprint density at radius 3 is 2.70 bits per heavy atom. The van der Waals surface area contributed by atoms with Crippen molar-refractivity contribution in [3.8, 4) is 11.5 Å². The van der Waals surface area contributed by atoms with Crippen LogP contribution in [0.1, 0.15) is 36.2 Å². The van der Waals surface area contributed by atoms with E-state index in [9.17, 15) is 9.59 Å². The molecule has 0 spiro atoms. The zero-order valence-corrected chi connectivity index (χ0v) is 15.4. The number of hydrogen-bond acceptors (Lipinski definition) is 4. The van der Waals surface area contributed by atoms with Crippen LogP contribution in [0.3, 0.4) is 0 Å². The molecule has 0 atom stereocenters. The number of Topliss-reactive ketones (excluding diaryl/α,β-unsaturated/α-hetero) is 1. The Hall–Kier alpha value is -3.28. The van der Waals surface area contributed by atoms with Crippen molar-refractivity contribution in [3.05, 3.63) is 66.0 Å². The highest BCUT2D eigenvalue weighted by Crippen LogP contribution is 2.16. The second-order valence-corrected chi connectivity index (χ2v) is 6.83. The van der Waals surface area contributed by atoms with Crippen molar-refractivity contribution in [1.29, 1.82) is 0 Å². The molecule has 3 aromatic rings. The van der Waals surface area contributed by atoms with E-state index in [1.54, 1.807) is 30.6 Å². The highest BCUT2D eigenvalue weighted by molar-refractivity contribution is 6.04. The maximum atomic E-state index is 12.5. The highest BCUT2D eigenvalue weighted by atomic mass is 16.1. The van der Waals surface area contributed by atoms with Crippen molar-refractivity contribution in [2.75, 3.05) is 5.32 Å². The molecule has 0 aliphatic heterocycles. The molecule has 2 N–H and O–H groups in total. The summed E-state index contributed by atoms with van der Waals surface area (Å²) in [6.45, 7) is 4.04. The van der Waals surface area contributed by atoms with Gasteiger partial charge in [0.05, 0.1) is 6.20 Å². The number of hydrogen-bond donors (Lipinski definition) is 2. The molecule has 2 heterocycles. The number of nitrogens with one attached hydrogen (secondary N) is 2. The average molecular weight is 362 g/mol. The fraction of sp³-hybridized carbons (Fsp3) is 0.238. The Labute approximate surface area is 158 Å². The first kappa shape index (κ1) is 18.5. The molecule has 138 valence electrons. The molecule has 27 heavy (non-hydrogen) atoms. The number of nitrogens with zero attached hydrogens (tertiary/aromatic N) is 2. The van der Waals surface area contributed by atoms with Crippen LogP contribution in [0.25, 0.3) is 11.5 Å². The molecule has 0 unspecified atom stereocenters. The van der Waals surface area contributed by atoms with Crippen LogP contribution < -0.4 is 5.32 Å². The summed E-state index contributed by atoms with van der Waals surface area (Å²) in [5.41, 5.74) is 2.04. The second kappa shape index (κ2) is 8.40. The summed E-state index contributed by atoms with van der Waals surface area (Å²) >= 11 is 0. The van der Waals surface area contributed by atoms with E-state index in [1.165, 1.54) is 0 Å². The van der Waals surface area contributed by atoms with Crippen LogP contribution in [0.15, 0.2) is 54.9 Å². The number of ketones is 1. The molecule has 1 aromatic carbocycles. The molecule has 6 heteroatoms. The van der Waals surface area contributed by atoms with E-state index >= 15 is 0 Å². The average Bonchev–Trinajstić information content (AvgIpc) is 3.10. The van der Waals surface area contributed by atoms with Crippen LogP contribution in [0.4, 0.5) is 5.82 Å². The first-order valence-corrected chi connectivity index (χ1v) is 8.89. The number of pyridine rings is 1. The molecular weight excluding hydrogens is 340 g/mol. The zero-order valence-electron chi connectivity index (χ0n) is 15.4. The standard InChI is InChI=1S/C21H22N4O2/c1-14(2)10-17(26)12-15-6-5-7-16(11-15)21(27)25-19-13-23-20(24-19)18-8-3-4-9-22-18/h3-9,11,13-14H,10,12H2,1-2H3,(H,23,24)(H,25,27). The van der Waals surface area contributed by atoms with E-state index in [0.29, 0.717) is 41.7 Å². The molecule has 0 fully saturated rings. The largest absolute Gasteiger partial charge is 0.323 e. The van der Waals surface area contributed by atoms with E-state index in [2.05, 4.69) is 20.3 Å². The van der Waals surface area contributed by atoms with Gasteiger partial charge in [-0.05, 0) is 35.7 Å². The molecule has 0 saturated carbocycles. The first-order chi connectivity index (χ1) is 13.0. The lowest BCUT2D eigenvalue weighted by Crippen LogP contribution is -2.13. The molecular formula is C21H22N4O2. The van der Waals surface area contributed by atoms with Gasteiger partial charge in [-0.1, -0.05) is 32.0 Å². The molecule has 3 rings (SSSR count). The summed E-state index contributed by atoms with van der Waals surface area (Å²) in [4.78, 5) is 36.0. The maximum Gasteiger partial charge on any atom is 0.256 e. The molecule has 0 aliphatic rings. The molecule has 0 aliphatic carbocycles. The number of amides is 1. The fourth-order valence-corrected chi connectivity index (χ4v) is 2.79. The van der Waals surface area contributed by atoms with Crippen LogP contribution >= 0.6 is 0 Å². The third-order valence-electron chi connectivity index (χ3n) is 3.96. The Morgan fingerprint density at radius 1 is 1.11 bits per heavy atom. The Bertz CT molecular complexity index is 932. The van der Waals surface area contributed by atoms with E-state index in [1.807, 2.05) is 38.1 Å². The minimum atomic E-state index is -0.260. The number of benzene rings is 1. The van der Waals surface area contributed by atoms with Gasteiger partial charge in [-0.2, -0.15) is 0 Å². The SMILES string of the molecule is CC(C)CC(=O)Cc1cccc(C(=O)Nc2cnc(-c3ccccn3)[nH]2)c1. The monoisotopic (exact) mass is 362 g/mol. The Kier molecular flexibility index (Phi) is 5.76. The lowest BCUT2D eigenvalue weighted by Gasteiger charge is -2.07. The van der Waals surface area contributed by atoms with E-state index < -0.39 is 0 Å². The molecule has 2 aromatic heterocycles. The topological polar surface area (TPSA) is 87.7 Å². The van der Waals surface area contributed by atoms with Gasteiger partial charge in [0.2, 0.25) is 0 Å². The van der Waals surface area contributed by atoms with Crippen molar-refractivity contribution >= 4 is 17.5 Å². The minimum absolute atomic E-state index is 0.177. The van der Waals surface area contributed by atoms with Gasteiger partial charge < -0.3 is 10.3 Å². The van der Waals surface area contributed by atoms with Crippen LogP contribution in [0.5, 0.6) is 0 Å². The molecule has 0 bridgehead atoms. The number of imidazole rings is 1. The van der Waals surface area contributed by atoms with Gasteiger partial charge in [-0.15, -0.1) is 0 Å². The smallest absolute Gasteiger partial charge is 0.256 e. The van der Waals surface area contributed by atoms with Crippen molar-refractivity contribution in [1.82, 2.24) is 15.0 Å². The fourth-order valence-electron chi connectivity index (χ4n) is 2.79. The second-order valence-electron chi connectivity index (χ2n) is 6.83. The van der Waals surface area contributed by atoms with Crippen LogP contribution in [0.2, 0.25) is 0 Å². The van der Waals surface area contributed by atoms with E-state index in [4.69, 9.17) is 0 Å². The number of anilines is 1. The van der Waals surface area contributed by atoms with Crippen LogP contribution in [0, 0.1) is 5.92 Å². The quantitative estimate of drug-likeness (QED) is 0.667. The summed E-state index contributed by atoms with van der Waals surface area (Å²) < 4.78 is 0. The number of aromatic nitrogens is 3. The van der Waals surface area contributed by atoms with Crippen LogP contribution in [-0.4, -0.2) is 26.6 Å². The third-order valence-corrected chi connectivity index (χ3v) is 3.96. The predicted octanol–water partition coefficient (Wildman–Crippen LogP) is 3.88. The van der Waals surface area contributed by atoms with Crippen molar-refractivity contribution in [2.24, 2.45) is 5.92 Å². The van der Waals surface area contributed by atoms with Gasteiger partial charge >= 0.3 is 0 Å². The zero-order chi connectivity index (χ0) is 19.2. The number of rotatable bonds is 7. The normalized spacial score (nSPS) is 10.8. The highest BCUT2D eigenvalue weighted by Gasteiger charge is 2.12. The lowest BCUT2D eigenvalue weighted by molar-refractivity contribution is -0.119. The molecule has 1 amide bonds. The summed E-state index contributed by atoms with van der Waals surface area (Å²) in [5.74, 6) is 1.32. The Morgan fingerprint density at radius 2 is 1.96 bits per heavy atom. The predicted molar refractivity (Wildman–Crippen MR) is 104 cm³/mol. The van der Waals surface area contributed by atoms with Crippen molar-refractivity contribution < 1.29 is 9.59 Å². The Balaban J connectivity index is 1.67. The van der Waals surface area contributed by atoms with Gasteiger partial charge in [0.1, 0.15) is 17.3 Å². The minimum Gasteiger partial charge on any atom is -0.323 e. The van der Waals surface area contributed by atoms with Crippen molar-refractivity contribution in [3.63, 3.8) is 0 Å². The maximum absolute atomic E-state index is 12.5. The molecule has 0 saturated heterocycles. The number of carbonyl (C=O) groups excluding carboxylic acids is 2. The number of H-pyrrole nitrogens is 1. The lowest BCUT2D eigenvalue weighted by atomic mass is 10.00. The third kappa shape index (κ3) is 5.10.